The summed E-state index contributed by atoms with van der Waals surface area (Å²) in [5, 5.41) is 3.22. The van der Waals surface area contributed by atoms with E-state index >= 15 is 0 Å². The van der Waals surface area contributed by atoms with Gasteiger partial charge in [-0.15, -0.1) is 0 Å². The predicted molar refractivity (Wildman–Crippen MR) is 144 cm³/mol. The zero-order chi connectivity index (χ0) is 30.3. The Bertz CT molecular complexity index is 770. The number of carbonyl (C=O) groups is 3. The normalized spacial score (nSPS) is 23.7. The van der Waals surface area contributed by atoms with Gasteiger partial charge in [-0.2, -0.15) is 24.1 Å². The second-order valence-corrected chi connectivity index (χ2v) is 11.3. The minimum Gasteiger partial charge on any atom is -0.458 e. The van der Waals surface area contributed by atoms with Crippen molar-refractivity contribution in [1.82, 2.24) is 21.2 Å². The molecule has 2 saturated heterocycles. The van der Waals surface area contributed by atoms with Crippen LogP contribution in [-0.2, 0) is 28.8 Å². The van der Waals surface area contributed by atoms with E-state index in [2.05, 4.69) is 23.2 Å². The number of nitrogens with zero attached hydrogens (tertiary/aromatic N) is 1. The summed E-state index contributed by atoms with van der Waals surface area (Å²) in [6.45, 7) is 12.4. The summed E-state index contributed by atoms with van der Waals surface area (Å²) in [4.78, 5) is 46.2. The molecule has 3 N–H and O–H groups in total. The Morgan fingerprint density at radius 2 is 1.45 bits per heavy atom. The first kappa shape index (κ1) is 36.2. The second-order valence-electron chi connectivity index (χ2n) is 11.3. The number of hydrogen-bond acceptors (Lipinski definition) is 9. The Kier molecular flexibility index (Phi) is 16.2. The number of alkyl halides is 3. The number of hydroxylamine groups is 2. The van der Waals surface area contributed by atoms with Crippen molar-refractivity contribution in [3.63, 3.8) is 0 Å². The van der Waals surface area contributed by atoms with Gasteiger partial charge < -0.3 is 24.6 Å². The third-order valence-electron chi connectivity index (χ3n) is 6.37. The molecule has 4 atom stereocenters. The number of rotatable bonds is 12. The highest BCUT2D eigenvalue weighted by Gasteiger charge is 2.49. The van der Waals surface area contributed by atoms with Crippen molar-refractivity contribution in [3.8, 4) is 0 Å². The van der Waals surface area contributed by atoms with Crippen LogP contribution >= 0.6 is 0 Å². The van der Waals surface area contributed by atoms with Crippen LogP contribution < -0.4 is 16.3 Å². The van der Waals surface area contributed by atoms with Crippen LogP contribution in [0.15, 0.2) is 0 Å². The van der Waals surface area contributed by atoms with Gasteiger partial charge in [0.25, 0.3) is 0 Å². The molecule has 0 aromatic heterocycles. The summed E-state index contributed by atoms with van der Waals surface area (Å²) in [6, 6.07) is -1.32. The molecule has 13 heteroatoms. The van der Waals surface area contributed by atoms with Gasteiger partial charge in [-0.1, -0.05) is 26.7 Å². The number of hydrogen-bond donors (Lipinski definition) is 3. The molecule has 0 unspecified atom stereocenters. The summed E-state index contributed by atoms with van der Waals surface area (Å²) in [5.74, 6) is -2.63. The van der Waals surface area contributed by atoms with Gasteiger partial charge in [-0.05, 0) is 66.2 Å². The first-order chi connectivity index (χ1) is 18.7. The zero-order valence-electron chi connectivity index (χ0n) is 24.8. The number of Topliss-reactive ketones (excluding diaryl/α,β-unsaturated/α-hetero) is 1. The molecule has 0 radical (unpaired) electrons. The van der Waals surface area contributed by atoms with E-state index in [1.54, 1.807) is 27.7 Å². The van der Waals surface area contributed by atoms with E-state index in [4.69, 9.17) is 14.4 Å². The Morgan fingerprint density at radius 3 is 1.90 bits per heavy atom. The molecule has 2 aliphatic rings. The molecule has 0 spiro atoms. The van der Waals surface area contributed by atoms with Gasteiger partial charge in [0.2, 0.25) is 0 Å². The monoisotopic (exact) mass is 582 g/mol. The Hall–Kier alpha value is -1.80. The molecule has 2 aliphatic heterocycles. The molecule has 0 aromatic rings. The minimum absolute atomic E-state index is 0.0543. The standard InChI is InChI=1S/C16H27F3N2O4.C11H22N2O2/c1-5-6-9-24-20-11-7-8-12(13(22)25-15(2,3)4)21(10-11)14(23)16(17,18)19;1-3-4-7-15-13-10-5-6-11(9(2)14)12-8-10/h11-12,20H,5-10H2,1-4H3;10-13H,3-8H2,1-2H3/t11-,12+;10-,11+/m11/s1. The largest absolute Gasteiger partial charge is 0.471 e. The molecule has 0 aliphatic carbocycles. The maximum absolute atomic E-state index is 12.9. The zero-order valence-corrected chi connectivity index (χ0v) is 24.8. The Balaban J connectivity index is 0.000000453. The van der Waals surface area contributed by atoms with Crippen molar-refractivity contribution in [2.75, 3.05) is 26.3 Å². The second kappa shape index (κ2) is 17.9. The number of ketones is 1. The van der Waals surface area contributed by atoms with Crippen molar-refractivity contribution < 1.29 is 42.0 Å². The van der Waals surface area contributed by atoms with Gasteiger partial charge in [0.05, 0.1) is 19.3 Å². The van der Waals surface area contributed by atoms with Gasteiger partial charge in [0.15, 0.2) is 0 Å². The van der Waals surface area contributed by atoms with Gasteiger partial charge >= 0.3 is 18.1 Å². The maximum atomic E-state index is 12.9. The van der Waals surface area contributed by atoms with Crippen molar-refractivity contribution in [2.45, 2.75) is 129 Å². The van der Waals surface area contributed by atoms with Crippen LogP contribution in [0, 0.1) is 0 Å². The van der Waals surface area contributed by atoms with Crippen molar-refractivity contribution in [1.29, 1.82) is 0 Å². The molecule has 2 fully saturated rings. The number of likely N-dealkylation sites (tertiary alicyclic amines) is 1. The highest BCUT2D eigenvalue weighted by molar-refractivity contribution is 5.88. The highest BCUT2D eigenvalue weighted by atomic mass is 19.4. The van der Waals surface area contributed by atoms with Crippen LogP contribution in [0.4, 0.5) is 13.2 Å². The Morgan fingerprint density at radius 1 is 0.900 bits per heavy atom. The summed E-state index contributed by atoms with van der Waals surface area (Å²) in [7, 11) is 0. The molecule has 10 nitrogen and oxygen atoms in total. The summed E-state index contributed by atoms with van der Waals surface area (Å²) in [6.07, 6.45) is 1.30. The topological polar surface area (TPSA) is 118 Å². The van der Waals surface area contributed by atoms with E-state index in [0.29, 0.717) is 24.0 Å². The SMILES string of the molecule is CCCCON[C@@H]1CC[C@@H](C(=O)OC(C)(C)C)N(C(=O)C(F)(F)F)C1.CCCCON[C@@H]1CC[C@@H](C(C)=O)NC1. The average Bonchev–Trinajstić information content (AvgIpc) is 2.87. The van der Waals surface area contributed by atoms with Crippen LogP contribution in [0.5, 0.6) is 0 Å². The minimum atomic E-state index is -5.05. The molecule has 2 heterocycles. The van der Waals surface area contributed by atoms with Crippen LogP contribution in [0.2, 0.25) is 0 Å². The number of amides is 1. The first-order valence-corrected chi connectivity index (χ1v) is 14.3. The van der Waals surface area contributed by atoms with Crippen molar-refractivity contribution in [3.05, 3.63) is 0 Å². The van der Waals surface area contributed by atoms with E-state index in [1.165, 1.54) is 0 Å². The lowest BCUT2D eigenvalue weighted by Gasteiger charge is -2.39. The fourth-order valence-corrected chi connectivity index (χ4v) is 4.16. The fourth-order valence-electron chi connectivity index (χ4n) is 4.16. The van der Waals surface area contributed by atoms with Crippen LogP contribution in [0.3, 0.4) is 0 Å². The predicted octanol–water partition coefficient (Wildman–Crippen LogP) is 3.59. The van der Waals surface area contributed by atoms with Crippen LogP contribution in [0.1, 0.15) is 92.9 Å². The molecule has 0 aromatic carbocycles. The quantitative estimate of drug-likeness (QED) is 0.180. The number of unbranched alkanes of at least 4 members (excludes halogenated alkanes) is 2. The Labute approximate surface area is 236 Å². The lowest BCUT2D eigenvalue weighted by Crippen LogP contribution is -2.59. The summed E-state index contributed by atoms with van der Waals surface area (Å²) in [5.41, 5.74) is 4.88. The third kappa shape index (κ3) is 14.2. The molecule has 234 valence electrons. The molecule has 2 rings (SSSR count). The molecular formula is C27H49F3N4O6. The lowest BCUT2D eigenvalue weighted by atomic mass is 9.98. The smallest absolute Gasteiger partial charge is 0.458 e. The van der Waals surface area contributed by atoms with E-state index in [-0.39, 0.29) is 24.8 Å². The number of halogens is 3. The van der Waals surface area contributed by atoms with E-state index in [0.717, 1.165) is 51.7 Å². The van der Waals surface area contributed by atoms with Gasteiger partial charge in [0, 0.05) is 25.2 Å². The summed E-state index contributed by atoms with van der Waals surface area (Å²) >= 11 is 0. The molecular weight excluding hydrogens is 533 g/mol. The third-order valence-corrected chi connectivity index (χ3v) is 6.37. The van der Waals surface area contributed by atoms with Crippen molar-refractivity contribution in [2.24, 2.45) is 0 Å². The summed E-state index contributed by atoms with van der Waals surface area (Å²) < 4.78 is 43.8. The molecule has 0 saturated carbocycles. The van der Waals surface area contributed by atoms with Gasteiger partial charge in [-0.3, -0.25) is 9.59 Å². The molecule has 0 bridgehead atoms. The fraction of sp³-hybridized carbons (Fsp3) is 0.889. The van der Waals surface area contributed by atoms with Gasteiger partial charge in [-0.25, -0.2) is 4.79 Å². The number of nitrogens with one attached hydrogen (secondary N) is 3. The molecule has 1 amide bonds. The van der Waals surface area contributed by atoms with E-state index < -0.39 is 35.7 Å². The van der Waals surface area contributed by atoms with Crippen molar-refractivity contribution >= 4 is 17.7 Å². The van der Waals surface area contributed by atoms with E-state index in [1.807, 2.05) is 6.92 Å². The first-order valence-electron chi connectivity index (χ1n) is 14.3. The van der Waals surface area contributed by atoms with Gasteiger partial charge in [0.1, 0.15) is 17.4 Å². The lowest BCUT2D eigenvalue weighted by molar-refractivity contribution is -0.195. The number of ether oxygens (including phenoxy) is 1. The van der Waals surface area contributed by atoms with Crippen LogP contribution in [-0.4, -0.2) is 84.8 Å². The average molecular weight is 583 g/mol. The number of piperidine rings is 2. The molecule has 40 heavy (non-hydrogen) atoms. The number of esters is 1. The van der Waals surface area contributed by atoms with E-state index in [9.17, 15) is 27.6 Å². The maximum Gasteiger partial charge on any atom is 0.471 e. The number of carbonyl (C=O) groups excluding carboxylic acids is 3. The highest BCUT2D eigenvalue weighted by Crippen LogP contribution is 2.27. The van der Waals surface area contributed by atoms with Crippen LogP contribution in [0.25, 0.3) is 0 Å².